The Hall–Kier alpha value is -0.500. The number of thiophene rings is 1. The van der Waals surface area contributed by atoms with Crippen LogP contribution in [0.15, 0.2) is 16.3 Å². The summed E-state index contributed by atoms with van der Waals surface area (Å²) in [6, 6.07) is 3.24. The number of hydrogen-bond acceptors (Lipinski definition) is 4. The summed E-state index contributed by atoms with van der Waals surface area (Å²) in [6.45, 7) is 5.01. The topological polar surface area (TPSA) is 63.4 Å². The van der Waals surface area contributed by atoms with E-state index in [1.165, 1.54) is 4.31 Å². The number of nitrogens with zero attached hydrogens (tertiary/aromatic N) is 1. The van der Waals surface area contributed by atoms with E-state index in [9.17, 15) is 8.42 Å². The fraction of sp³-hybridized carbons (Fsp3) is 0.545. The summed E-state index contributed by atoms with van der Waals surface area (Å²) in [5.41, 5.74) is 5.50. The van der Waals surface area contributed by atoms with Crippen molar-refractivity contribution in [3.63, 3.8) is 0 Å². The van der Waals surface area contributed by atoms with Gasteiger partial charge in [0.05, 0.1) is 4.88 Å². The Balaban J connectivity index is 3.05. The highest BCUT2D eigenvalue weighted by molar-refractivity contribution is 7.91. The van der Waals surface area contributed by atoms with E-state index in [4.69, 9.17) is 18.0 Å². The van der Waals surface area contributed by atoms with E-state index in [2.05, 4.69) is 0 Å². The first-order valence-electron chi connectivity index (χ1n) is 5.83. The van der Waals surface area contributed by atoms with Gasteiger partial charge in [0, 0.05) is 13.1 Å². The summed E-state index contributed by atoms with van der Waals surface area (Å²) in [7, 11) is -3.40. The molecule has 102 valence electrons. The molecule has 7 heteroatoms. The highest BCUT2D eigenvalue weighted by Crippen LogP contribution is 2.25. The van der Waals surface area contributed by atoms with Gasteiger partial charge in [0.1, 0.15) is 9.20 Å². The molecule has 4 nitrogen and oxygen atoms in total. The quantitative estimate of drug-likeness (QED) is 0.784. The second kappa shape index (κ2) is 6.60. The lowest BCUT2D eigenvalue weighted by molar-refractivity contribution is 0.411. The molecule has 0 radical (unpaired) electrons. The highest BCUT2D eigenvalue weighted by Gasteiger charge is 2.25. The largest absolute Gasteiger partial charge is 0.389 e. The maximum atomic E-state index is 12.4. The maximum absolute atomic E-state index is 12.4. The molecule has 0 aliphatic rings. The van der Waals surface area contributed by atoms with Gasteiger partial charge in [-0.2, -0.15) is 4.31 Å². The molecule has 0 fully saturated rings. The van der Waals surface area contributed by atoms with E-state index in [1.54, 1.807) is 12.1 Å². The fourth-order valence-corrected chi connectivity index (χ4v) is 4.70. The number of hydrogen-bond donors (Lipinski definition) is 1. The summed E-state index contributed by atoms with van der Waals surface area (Å²) in [5.74, 6) is 0. The summed E-state index contributed by atoms with van der Waals surface area (Å²) < 4.78 is 26.6. The Morgan fingerprint density at radius 2 is 1.89 bits per heavy atom. The molecule has 1 heterocycles. The summed E-state index contributed by atoms with van der Waals surface area (Å²) in [4.78, 5) is 0.871. The Bertz CT molecular complexity index is 502. The van der Waals surface area contributed by atoms with Crippen LogP contribution in [0.1, 0.15) is 31.6 Å². The number of rotatable bonds is 7. The van der Waals surface area contributed by atoms with Gasteiger partial charge in [-0.15, -0.1) is 11.3 Å². The molecule has 0 aromatic carbocycles. The van der Waals surface area contributed by atoms with Gasteiger partial charge < -0.3 is 5.73 Å². The molecule has 18 heavy (non-hydrogen) atoms. The second-order valence-electron chi connectivity index (χ2n) is 3.89. The zero-order valence-electron chi connectivity index (χ0n) is 10.5. The molecule has 0 atom stereocenters. The first-order valence-corrected chi connectivity index (χ1v) is 8.49. The third-order valence-electron chi connectivity index (χ3n) is 2.36. The van der Waals surface area contributed by atoms with Gasteiger partial charge in [-0.05, 0) is 25.0 Å². The maximum Gasteiger partial charge on any atom is 0.252 e. The van der Waals surface area contributed by atoms with E-state index in [-0.39, 0.29) is 4.99 Å². The van der Waals surface area contributed by atoms with Gasteiger partial charge in [-0.3, -0.25) is 0 Å². The summed E-state index contributed by atoms with van der Waals surface area (Å²) in [5, 5.41) is 0. The van der Waals surface area contributed by atoms with Gasteiger partial charge in [0.15, 0.2) is 0 Å². The van der Waals surface area contributed by atoms with Crippen LogP contribution in [0.5, 0.6) is 0 Å². The predicted molar refractivity (Wildman–Crippen MR) is 79.5 cm³/mol. The van der Waals surface area contributed by atoms with Crippen molar-refractivity contribution < 1.29 is 8.42 Å². The number of thiocarbonyl (C=S) groups is 1. The van der Waals surface area contributed by atoms with Crippen molar-refractivity contribution >= 4 is 38.6 Å². The zero-order valence-corrected chi connectivity index (χ0v) is 13.0. The smallest absolute Gasteiger partial charge is 0.252 e. The molecule has 0 spiro atoms. The van der Waals surface area contributed by atoms with Crippen LogP contribution in [0.3, 0.4) is 0 Å². The van der Waals surface area contributed by atoms with Crippen molar-refractivity contribution in [1.82, 2.24) is 4.31 Å². The average molecular weight is 306 g/mol. The van der Waals surface area contributed by atoms with Crippen LogP contribution in [0.2, 0.25) is 0 Å². The van der Waals surface area contributed by atoms with E-state index in [0.29, 0.717) is 22.2 Å². The third kappa shape index (κ3) is 3.50. The Morgan fingerprint density at radius 3 is 2.28 bits per heavy atom. The Kier molecular flexibility index (Phi) is 5.71. The van der Waals surface area contributed by atoms with E-state index < -0.39 is 10.0 Å². The highest BCUT2D eigenvalue weighted by atomic mass is 32.2. The van der Waals surface area contributed by atoms with Crippen LogP contribution in [-0.2, 0) is 10.0 Å². The number of nitrogens with two attached hydrogens (primary N) is 1. The lowest BCUT2D eigenvalue weighted by Crippen LogP contribution is -2.32. The molecular weight excluding hydrogens is 288 g/mol. The molecule has 0 aliphatic heterocycles. The van der Waals surface area contributed by atoms with Crippen molar-refractivity contribution in [1.29, 1.82) is 0 Å². The van der Waals surface area contributed by atoms with Gasteiger partial charge in [-0.1, -0.05) is 26.1 Å². The fourth-order valence-electron chi connectivity index (χ4n) is 1.57. The molecule has 1 rings (SSSR count). The van der Waals surface area contributed by atoms with E-state index in [0.717, 1.165) is 24.2 Å². The van der Waals surface area contributed by atoms with Crippen molar-refractivity contribution in [2.24, 2.45) is 5.73 Å². The van der Waals surface area contributed by atoms with Gasteiger partial charge in [0.25, 0.3) is 10.0 Å². The normalized spacial score (nSPS) is 11.9. The predicted octanol–water partition coefficient (Wildman–Crippen LogP) is 2.19. The Labute approximate surface area is 118 Å². The standard InChI is InChI=1S/C11H18N2O2S3/c1-3-7-13(8-4-2)18(14,15)10-6-5-9(17-10)11(12)16/h5-6H,3-4,7-8H2,1-2H3,(H2,12,16). The number of sulfonamides is 1. The van der Waals surface area contributed by atoms with Gasteiger partial charge in [0.2, 0.25) is 0 Å². The van der Waals surface area contributed by atoms with Crippen LogP contribution >= 0.6 is 23.6 Å². The first kappa shape index (κ1) is 15.6. The van der Waals surface area contributed by atoms with Crippen molar-refractivity contribution in [3.8, 4) is 0 Å². The van der Waals surface area contributed by atoms with Crippen LogP contribution in [-0.4, -0.2) is 30.8 Å². The van der Waals surface area contributed by atoms with Crippen molar-refractivity contribution in [2.75, 3.05) is 13.1 Å². The van der Waals surface area contributed by atoms with Gasteiger partial charge in [-0.25, -0.2) is 8.42 Å². The van der Waals surface area contributed by atoms with Crippen LogP contribution in [0.4, 0.5) is 0 Å². The van der Waals surface area contributed by atoms with Gasteiger partial charge >= 0.3 is 0 Å². The van der Waals surface area contributed by atoms with Crippen LogP contribution < -0.4 is 5.73 Å². The lowest BCUT2D eigenvalue weighted by atomic mass is 10.4. The SMILES string of the molecule is CCCN(CCC)S(=O)(=O)c1ccc(C(N)=S)s1. The molecule has 2 N–H and O–H groups in total. The second-order valence-corrected chi connectivity index (χ2v) is 7.58. The van der Waals surface area contributed by atoms with Crippen LogP contribution in [0.25, 0.3) is 0 Å². The minimum Gasteiger partial charge on any atom is -0.389 e. The molecule has 0 saturated carbocycles. The molecule has 0 saturated heterocycles. The van der Waals surface area contributed by atoms with E-state index >= 15 is 0 Å². The lowest BCUT2D eigenvalue weighted by Gasteiger charge is -2.19. The molecule has 1 aromatic heterocycles. The molecule has 0 aliphatic carbocycles. The first-order chi connectivity index (χ1) is 8.43. The minimum absolute atomic E-state index is 0.235. The molecule has 0 amide bonds. The Morgan fingerprint density at radius 1 is 1.33 bits per heavy atom. The minimum atomic E-state index is -3.40. The molecule has 1 aromatic rings. The monoisotopic (exact) mass is 306 g/mol. The molecular formula is C11H18N2O2S3. The van der Waals surface area contributed by atoms with Crippen molar-refractivity contribution in [2.45, 2.75) is 30.9 Å². The van der Waals surface area contributed by atoms with Crippen molar-refractivity contribution in [3.05, 3.63) is 17.0 Å². The molecule has 0 bridgehead atoms. The molecule has 0 unspecified atom stereocenters. The average Bonchev–Trinajstić information content (AvgIpc) is 2.78. The summed E-state index contributed by atoms with van der Waals surface area (Å²) >= 11 is 5.98. The summed E-state index contributed by atoms with van der Waals surface area (Å²) in [6.07, 6.45) is 1.60. The zero-order chi connectivity index (χ0) is 13.8. The van der Waals surface area contributed by atoms with Crippen LogP contribution in [0, 0.1) is 0 Å². The third-order valence-corrected chi connectivity index (χ3v) is 6.20. The van der Waals surface area contributed by atoms with E-state index in [1.807, 2.05) is 13.8 Å².